The van der Waals surface area contributed by atoms with Crippen molar-refractivity contribution in [1.29, 1.82) is 0 Å². The quantitative estimate of drug-likeness (QED) is 0.622. The lowest BCUT2D eigenvalue weighted by Crippen LogP contribution is -2.29. The molecule has 0 N–H and O–H groups in total. The van der Waals surface area contributed by atoms with Gasteiger partial charge in [0.25, 0.3) is 0 Å². The van der Waals surface area contributed by atoms with Gasteiger partial charge in [0.15, 0.2) is 0 Å². The number of halogens is 4. The van der Waals surface area contributed by atoms with Crippen molar-refractivity contribution in [2.24, 2.45) is 5.92 Å². The number of methoxy groups -OCH3 is 1. The van der Waals surface area contributed by atoms with E-state index in [1.807, 2.05) is 0 Å². The van der Waals surface area contributed by atoms with E-state index in [2.05, 4.69) is 4.74 Å². The van der Waals surface area contributed by atoms with Crippen LogP contribution in [0.1, 0.15) is 12.0 Å². The molecule has 0 radical (unpaired) electrons. The molecule has 0 aromatic heterocycles. The Bertz CT molecular complexity index is 585. The first kappa shape index (κ1) is 15.3. The van der Waals surface area contributed by atoms with E-state index in [9.17, 15) is 27.2 Å². The molecule has 1 aliphatic rings. The van der Waals surface area contributed by atoms with Crippen LogP contribution in [-0.2, 0) is 20.5 Å². The number of alkyl halides is 3. The Morgan fingerprint density at radius 2 is 2.05 bits per heavy atom. The minimum atomic E-state index is -4.80. The zero-order valence-corrected chi connectivity index (χ0v) is 10.9. The first-order valence-electron chi connectivity index (χ1n) is 5.99. The van der Waals surface area contributed by atoms with Crippen molar-refractivity contribution < 1.29 is 31.9 Å². The van der Waals surface area contributed by atoms with Crippen LogP contribution < -0.4 is 4.90 Å². The van der Waals surface area contributed by atoms with Crippen molar-refractivity contribution >= 4 is 17.6 Å². The van der Waals surface area contributed by atoms with Crippen molar-refractivity contribution in [2.75, 3.05) is 18.6 Å². The van der Waals surface area contributed by atoms with Gasteiger partial charge in [-0.3, -0.25) is 9.59 Å². The van der Waals surface area contributed by atoms with Crippen molar-refractivity contribution in [2.45, 2.75) is 12.6 Å². The molecule has 114 valence electrons. The van der Waals surface area contributed by atoms with Crippen molar-refractivity contribution in [3.63, 3.8) is 0 Å². The molecule has 1 heterocycles. The predicted molar refractivity (Wildman–Crippen MR) is 63.9 cm³/mol. The third kappa shape index (κ3) is 2.84. The second kappa shape index (κ2) is 5.34. The fraction of sp³-hybridized carbons (Fsp3) is 0.385. The van der Waals surface area contributed by atoms with E-state index in [-0.39, 0.29) is 13.0 Å². The zero-order valence-electron chi connectivity index (χ0n) is 10.9. The topological polar surface area (TPSA) is 46.6 Å². The van der Waals surface area contributed by atoms with Crippen molar-refractivity contribution in [1.82, 2.24) is 0 Å². The largest absolute Gasteiger partial charge is 0.469 e. The normalized spacial score (nSPS) is 19.0. The molecular weight excluding hydrogens is 294 g/mol. The van der Waals surface area contributed by atoms with Gasteiger partial charge in [-0.15, -0.1) is 0 Å². The molecular formula is C13H11F4NO3. The Hall–Kier alpha value is -2.12. The van der Waals surface area contributed by atoms with E-state index in [1.54, 1.807) is 0 Å². The summed E-state index contributed by atoms with van der Waals surface area (Å²) in [6, 6.07) is 2.44. The SMILES string of the molecule is COC(=O)C1CC(=O)N(c2c(F)cccc2C(F)(F)F)C1. The van der Waals surface area contributed by atoms with Gasteiger partial charge in [0.1, 0.15) is 5.82 Å². The summed E-state index contributed by atoms with van der Waals surface area (Å²) in [7, 11) is 1.11. The van der Waals surface area contributed by atoms with Gasteiger partial charge < -0.3 is 9.64 Å². The molecule has 0 saturated carbocycles. The Kier molecular flexibility index (Phi) is 3.89. The lowest BCUT2D eigenvalue weighted by Gasteiger charge is -2.22. The molecule has 21 heavy (non-hydrogen) atoms. The van der Waals surface area contributed by atoms with Crippen LogP contribution >= 0.6 is 0 Å². The maximum atomic E-state index is 13.8. The summed E-state index contributed by atoms with van der Waals surface area (Å²) in [6.45, 7) is -0.338. The molecule has 2 rings (SSSR count). The van der Waals surface area contributed by atoms with Gasteiger partial charge in [0.2, 0.25) is 5.91 Å². The van der Waals surface area contributed by atoms with E-state index in [1.165, 1.54) is 0 Å². The molecule has 0 spiro atoms. The average Bonchev–Trinajstić information content (AvgIpc) is 2.78. The van der Waals surface area contributed by atoms with E-state index >= 15 is 0 Å². The minimum absolute atomic E-state index is 0.307. The third-order valence-corrected chi connectivity index (χ3v) is 3.22. The molecule has 1 aromatic carbocycles. The number of amides is 1. The average molecular weight is 305 g/mol. The number of carbonyl (C=O) groups is 2. The maximum Gasteiger partial charge on any atom is 0.418 e. The predicted octanol–water partition coefficient (Wildman–Crippen LogP) is 2.37. The van der Waals surface area contributed by atoms with E-state index < -0.39 is 41.0 Å². The van der Waals surface area contributed by atoms with E-state index in [4.69, 9.17) is 0 Å². The van der Waals surface area contributed by atoms with Gasteiger partial charge in [-0.25, -0.2) is 4.39 Å². The molecule has 1 unspecified atom stereocenters. The molecule has 1 atom stereocenters. The van der Waals surface area contributed by atoms with Crippen molar-refractivity contribution in [3.05, 3.63) is 29.6 Å². The highest BCUT2D eigenvalue weighted by molar-refractivity contribution is 6.00. The van der Waals surface area contributed by atoms with Crippen LogP contribution in [-0.4, -0.2) is 25.5 Å². The summed E-state index contributed by atoms with van der Waals surface area (Å²) in [6.07, 6.45) is -5.11. The van der Waals surface area contributed by atoms with Gasteiger partial charge in [0.05, 0.1) is 24.3 Å². The number of benzene rings is 1. The van der Waals surface area contributed by atoms with Gasteiger partial charge in [-0.2, -0.15) is 13.2 Å². The monoisotopic (exact) mass is 305 g/mol. The second-order valence-corrected chi connectivity index (χ2v) is 4.56. The first-order chi connectivity index (χ1) is 9.75. The molecule has 1 saturated heterocycles. The van der Waals surface area contributed by atoms with Crippen LogP contribution in [0.15, 0.2) is 18.2 Å². The summed E-state index contributed by atoms with van der Waals surface area (Å²) in [5, 5.41) is 0. The van der Waals surface area contributed by atoms with Crippen LogP contribution in [0.4, 0.5) is 23.2 Å². The minimum Gasteiger partial charge on any atom is -0.469 e. The Morgan fingerprint density at radius 3 is 2.62 bits per heavy atom. The summed E-state index contributed by atoms with van der Waals surface area (Å²) >= 11 is 0. The molecule has 1 aromatic rings. The third-order valence-electron chi connectivity index (χ3n) is 3.22. The van der Waals surface area contributed by atoms with E-state index in [0.29, 0.717) is 11.0 Å². The highest BCUT2D eigenvalue weighted by Crippen LogP contribution is 2.40. The standard InChI is InChI=1S/C13H11F4NO3/c1-21-12(20)7-5-10(19)18(6-7)11-8(13(15,16)17)3-2-4-9(11)14/h2-4,7H,5-6H2,1H3. The summed E-state index contributed by atoms with van der Waals surface area (Å²) in [4.78, 5) is 23.9. The lowest BCUT2D eigenvalue weighted by molar-refractivity contribution is -0.145. The second-order valence-electron chi connectivity index (χ2n) is 4.56. The number of hydrogen-bond donors (Lipinski definition) is 0. The zero-order chi connectivity index (χ0) is 15.8. The lowest BCUT2D eigenvalue weighted by atomic mass is 10.1. The first-order valence-corrected chi connectivity index (χ1v) is 5.99. The van der Waals surface area contributed by atoms with Crippen LogP contribution in [0.5, 0.6) is 0 Å². The summed E-state index contributed by atoms with van der Waals surface area (Å²) < 4.78 is 57.1. The maximum absolute atomic E-state index is 13.8. The molecule has 1 fully saturated rings. The number of rotatable bonds is 2. The van der Waals surface area contributed by atoms with Gasteiger partial charge >= 0.3 is 12.1 Å². The molecule has 0 aliphatic carbocycles. The van der Waals surface area contributed by atoms with E-state index in [0.717, 1.165) is 19.2 Å². The molecule has 4 nitrogen and oxygen atoms in total. The number of ether oxygens (including phenoxy) is 1. The van der Waals surface area contributed by atoms with Gasteiger partial charge in [-0.1, -0.05) is 6.07 Å². The Balaban J connectivity index is 2.43. The molecule has 8 heteroatoms. The van der Waals surface area contributed by atoms with Crippen molar-refractivity contribution in [3.8, 4) is 0 Å². The van der Waals surface area contributed by atoms with Crippen LogP contribution in [0.25, 0.3) is 0 Å². The van der Waals surface area contributed by atoms with Crippen LogP contribution in [0, 0.1) is 11.7 Å². The number of para-hydroxylation sites is 1. The smallest absolute Gasteiger partial charge is 0.418 e. The summed E-state index contributed by atoms with van der Waals surface area (Å²) in [5.41, 5.74) is -2.09. The highest BCUT2D eigenvalue weighted by atomic mass is 19.4. The summed E-state index contributed by atoms with van der Waals surface area (Å²) in [5.74, 6) is -3.52. The number of hydrogen-bond acceptors (Lipinski definition) is 3. The number of esters is 1. The number of carbonyl (C=O) groups excluding carboxylic acids is 2. The molecule has 1 aliphatic heterocycles. The fourth-order valence-electron chi connectivity index (χ4n) is 2.27. The Morgan fingerprint density at radius 1 is 1.38 bits per heavy atom. The molecule has 0 bridgehead atoms. The number of anilines is 1. The Labute approximate surface area is 117 Å². The molecule has 1 amide bonds. The highest BCUT2D eigenvalue weighted by Gasteiger charge is 2.42. The fourth-order valence-corrected chi connectivity index (χ4v) is 2.27. The van der Waals surface area contributed by atoms with Gasteiger partial charge in [-0.05, 0) is 12.1 Å². The van der Waals surface area contributed by atoms with Crippen LogP contribution in [0.3, 0.4) is 0 Å². The van der Waals surface area contributed by atoms with Crippen LogP contribution in [0.2, 0.25) is 0 Å². The van der Waals surface area contributed by atoms with Gasteiger partial charge in [0, 0.05) is 13.0 Å². The number of nitrogens with zero attached hydrogens (tertiary/aromatic N) is 1.